The van der Waals surface area contributed by atoms with Gasteiger partial charge in [-0.1, -0.05) is 38.1 Å². The number of nitrogens with zero attached hydrogens (tertiary/aromatic N) is 1. The molecule has 0 saturated heterocycles. The van der Waals surface area contributed by atoms with Crippen LogP contribution in [0.2, 0.25) is 0 Å². The number of hydrogen-bond acceptors (Lipinski definition) is 0. The molecule has 0 atom stereocenters. The molecule has 1 rings (SSSR count). The van der Waals surface area contributed by atoms with Gasteiger partial charge in [-0.25, -0.2) is 0 Å². The maximum absolute atomic E-state index is 2.27. The highest BCUT2D eigenvalue weighted by Gasteiger charge is 2.12. The Hall–Kier alpha value is -0.820. The Kier molecular flexibility index (Phi) is 3.92. The van der Waals surface area contributed by atoms with Crippen molar-refractivity contribution >= 4 is 0 Å². The third kappa shape index (κ3) is 3.67. The number of quaternary nitrogens is 1. The Morgan fingerprint density at radius 1 is 1.07 bits per heavy atom. The number of benzene rings is 1. The van der Waals surface area contributed by atoms with Gasteiger partial charge in [0.25, 0.3) is 0 Å². The predicted octanol–water partition coefficient (Wildman–Crippen LogP) is 3.41. The van der Waals surface area contributed by atoms with E-state index < -0.39 is 0 Å². The number of hydrogen-bond donors (Lipinski definition) is 0. The van der Waals surface area contributed by atoms with Gasteiger partial charge < -0.3 is 4.48 Å². The van der Waals surface area contributed by atoms with E-state index in [4.69, 9.17) is 0 Å². The van der Waals surface area contributed by atoms with Crippen LogP contribution in [0.3, 0.4) is 0 Å². The van der Waals surface area contributed by atoms with Gasteiger partial charge in [-0.3, -0.25) is 0 Å². The quantitative estimate of drug-likeness (QED) is 0.662. The highest BCUT2D eigenvalue weighted by molar-refractivity contribution is 5.24. The molecule has 0 aliphatic heterocycles. The van der Waals surface area contributed by atoms with E-state index in [1.165, 1.54) is 17.7 Å². The molecule has 0 fully saturated rings. The lowest BCUT2D eigenvalue weighted by atomic mass is 10.0. The molecule has 0 saturated carbocycles. The summed E-state index contributed by atoms with van der Waals surface area (Å²) in [6.45, 7) is 9.01. The van der Waals surface area contributed by atoms with Gasteiger partial charge in [-0.15, -0.1) is 0 Å². The summed E-state index contributed by atoms with van der Waals surface area (Å²) in [4.78, 5) is 0. The fourth-order valence-corrected chi connectivity index (χ4v) is 1.61. The standard InChI is InChI=1S/C14H24N/c1-6-15(4,5)11-13-7-9-14(10-8-13)12(2)3/h7-10,12H,6,11H2,1-5H3/q+1. The third-order valence-electron chi connectivity index (χ3n) is 3.11. The first-order chi connectivity index (χ1) is 6.94. The first-order valence-electron chi connectivity index (χ1n) is 5.85. The highest BCUT2D eigenvalue weighted by Crippen LogP contribution is 2.16. The summed E-state index contributed by atoms with van der Waals surface area (Å²) in [5.41, 5.74) is 2.87. The molecule has 0 N–H and O–H groups in total. The molecular formula is C14H24N+. The molecule has 15 heavy (non-hydrogen) atoms. The Bertz CT molecular complexity index is 296. The molecule has 0 aromatic heterocycles. The van der Waals surface area contributed by atoms with Crippen LogP contribution in [0.25, 0.3) is 0 Å². The van der Waals surface area contributed by atoms with Crippen LogP contribution in [0.5, 0.6) is 0 Å². The molecule has 1 heteroatoms. The van der Waals surface area contributed by atoms with E-state index in [-0.39, 0.29) is 0 Å². The molecule has 0 radical (unpaired) electrons. The van der Waals surface area contributed by atoms with Crippen molar-refractivity contribution in [3.8, 4) is 0 Å². The van der Waals surface area contributed by atoms with E-state index in [9.17, 15) is 0 Å². The van der Waals surface area contributed by atoms with E-state index in [0.717, 1.165) is 11.0 Å². The van der Waals surface area contributed by atoms with Gasteiger partial charge >= 0.3 is 0 Å². The summed E-state index contributed by atoms with van der Waals surface area (Å²) in [7, 11) is 4.55. The molecule has 0 heterocycles. The van der Waals surface area contributed by atoms with Gasteiger partial charge in [-0.05, 0) is 18.4 Å². The van der Waals surface area contributed by atoms with Crippen molar-refractivity contribution < 1.29 is 4.48 Å². The van der Waals surface area contributed by atoms with Gasteiger partial charge in [0.05, 0.1) is 20.6 Å². The smallest absolute Gasteiger partial charge is 0.104 e. The fraction of sp³-hybridized carbons (Fsp3) is 0.571. The van der Waals surface area contributed by atoms with Crippen molar-refractivity contribution in [3.05, 3.63) is 35.4 Å². The summed E-state index contributed by atoms with van der Waals surface area (Å²) in [5, 5.41) is 0. The molecule has 0 bridgehead atoms. The zero-order chi connectivity index (χ0) is 11.5. The highest BCUT2D eigenvalue weighted by atomic mass is 15.3. The van der Waals surface area contributed by atoms with Crippen molar-refractivity contribution in [3.63, 3.8) is 0 Å². The molecule has 1 aromatic carbocycles. The monoisotopic (exact) mass is 206 g/mol. The van der Waals surface area contributed by atoms with E-state index in [0.29, 0.717) is 5.92 Å². The Labute approximate surface area is 94.3 Å². The van der Waals surface area contributed by atoms with Crippen molar-refractivity contribution in [2.24, 2.45) is 0 Å². The zero-order valence-electron chi connectivity index (χ0n) is 10.7. The van der Waals surface area contributed by atoms with Gasteiger partial charge in [0.15, 0.2) is 0 Å². The molecule has 0 amide bonds. The molecular weight excluding hydrogens is 182 g/mol. The molecule has 1 aromatic rings. The Morgan fingerprint density at radius 3 is 2.00 bits per heavy atom. The van der Waals surface area contributed by atoms with Crippen LogP contribution in [0, 0.1) is 0 Å². The summed E-state index contributed by atoms with van der Waals surface area (Å²) < 4.78 is 1.06. The number of rotatable bonds is 4. The first kappa shape index (κ1) is 12.3. The summed E-state index contributed by atoms with van der Waals surface area (Å²) in [6, 6.07) is 9.06. The second kappa shape index (κ2) is 4.80. The normalized spacial score (nSPS) is 12.1. The summed E-state index contributed by atoms with van der Waals surface area (Å²) >= 11 is 0. The van der Waals surface area contributed by atoms with Crippen LogP contribution in [0.4, 0.5) is 0 Å². The van der Waals surface area contributed by atoms with Crippen molar-refractivity contribution in [1.29, 1.82) is 0 Å². The van der Waals surface area contributed by atoms with E-state index in [1.807, 2.05) is 0 Å². The van der Waals surface area contributed by atoms with Gasteiger partial charge in [0.1, 0.15) is 6.54 Å². The van der Waals surface area contributed by atoms with Crippen LogP contribution in [0.1, 0.15) is 37.8 Å². The van der Waals surface area contributed by atoms with Gasteiger partial charge in [0, 0.05) is 5.56 Å². The van der Waals surface area contributed by atoms with Crippen LogP contribution in [-0.2, 0) is 6.54 Å². The molecule has 1 nitrogen and oxygen atoms in total. The Morgan fingerprint density at radius 2 is 1.60 bits per heavy atom. The molecule has 0 unspecified atom stereocenters. The molecule has 0 aliphatic rings. The maximum Gasteiger partial charge on any atom is 0.104 e. The zero-order valence-corrected chi connectivity index (χ0v) is 10.7. The Balaban J connectivity index is 2.73. The minimum atomic E-state index is 0.632. The van der Waals surface area contributed by atoms with Crippen LogP contribution >= 0.6 is 0 Å². The largest absolute Gasteiger partial charge is 0.325 e. The van der Waals surface area contributed by atoms with Gasteiger partial charge in [0.2, 0.25) is 0 Å². The molecule has 0 aliphatic carbocycles. The average Bonchev–Trinajstić information content (AvgIpc) is 2.18. The second-order valence-corrected chi connectivity index (χ2v) is 5.31. The lowest BCUT2D eigenvalue weighted by Crippen LogP contribution is -2.38. The van der Waals surface area contributed by atoms with Crippen LogP contribution in [-0.4, -0.2) is 25.1 Å². The lowest BCUT2D eigenvalue weighted by molar-refractivity contribution is -0.901. The summed E-state index contributed by atoms with van der Waals surface area (Å²) in [5.74, 6) is 0.632. The van der Waals surface area contributed by atoms with Crippen molar-refractivity contribution in [1.82, 2.24) is 0 Å². The van der Waals surface area contributed by atoms with Crippen LogP contribution in [0.15, 0.2) is 24.3 Å². The molecule has 0 spiro atoms. The maximum atomic E-state index is 2.27. The second-order valence-electron chi connectivity index (χ2n) is 5.31. The first-order valence-corrected chi connectivity index (χ1v) is 5.85. The molecule has 84 valence electrons. The van der Waals surface area contributed by atoms with Crippen molar-refractivity contribution in [2.45, 2.75) is 33.2 Å². The van der Waals surface area contributed by atoms with E-state index in [1.54, 1.807) is 0 Å². The van der Waals surface area contributed by atoms with E-state index in [2.05, 4.69) is 59.1 Å². The minimum absolute atomic E-state index is 0.632. The minimum Gasteiger partial charge on any atom is -0.325 e. The van der Waals surface area contributed by atoms with E-state index >= 15 is 0 Å². The predicted molar refractivity (Wildman–Crippen MR) is 66.9 cm³/mol. The van der Waals surface area contributed by atoms with Gasteiger partial charge in [-0.2, -0.15) is 0 Å². The third-order valence-corrected chi connectivity index (χ3v) is 3.11. The van der Waals surface area contributed by atoms with Crippen molar-refractivity contribution in [2.75, 3.05) is 20.6 Å². The fourth-order valence-electron chi connectivity index (χ4n) is 1.61. The SMILES string of the molecule is CC[N+](C)(C)Cc1ccc(C(C)C)cc1. The topological polar surface area (TPSA) is 0 Å². The lowest BCUT2D eigenvalue weighted by Gasteiger charge is -2.28. The average molecular weight is 206 g/mol. The van der Waals surface area contributed by atoms with Crippen LogP contribution < -0.4 is 0 Å². The summed E-state index contributed by atoms with van der Waals surface area (Å²) in [6.07, 6.45) is 0.